The van der Waals surface area contributed by atoms with Gasteiger partial charge in [-0.2, -0.15) is 0 Å². The van der Waals surface area contributed by atoms with Crippen molar-refractivity contribution in [3.05, 3.63) is 72.2 Å². The van der Waals surface area contributed by atoms with Gasteiger partial charge in [-0.05, 0) is 66.8 Å². The molecule has 27 heavy (non-hydrogen) atoms. The summed E-state index contributed by atoms with van der Waals surface area (Å²) in [6, 6.07) is 13.5. The molecule has 2 heterocycles. The van der Waals surface area contributed by atoms with Crippen LogP contribution in [0.4, 0.5) is 16.2 Å². The molecule has 4 rings (SSSR count). The molecule has 0 atom stereocenters. The highest BCUT2D eigenvalue weighted by Crippen LogP contribution is 2.30. The molecule has 0 radical (unpaired) electrons. The summed E-state index contributed by atoms with van der Waals surface area (Å²) in [5, 5.41) is 5.88. The Kier molecular flexibility index (Phi) is 4.20. The SMILES string of the molecule is Cc1ccc(N(C)C(=O)Nc2cc3ccncc3c3ncccc23)cc1C. The van der Waals surface area contributed by atoms with E-state index in [9.17, 15) is 4.79 Å². The van der Waals surface area contributed by atoms with E-state index in [4.69, 9.17) is 0 Å². The fourth-order valence-electron chi connectivity index (χ4n) is 3.15. The van der Waals surface area contributed by atoms with Gasteiger partial charge < -0.3 is 5.32 Å². The minimum Gasteiger partial charge on any atom is -0.307 e. The van der Waals surface area contributed by atoms with Gasteiger partial charge in [0.2, 0.25) is 0 Å². The molecule has 5 nitrogen and oxygen atoms in total. The zero-order valence-corrected chi connectivity index (χ0v) is 15.5. The number of hydrogen-bond acceptors (Lipinski definition) is 3. The standard InChI is InChI=1S/C22H20N4O/c1-14-6-7-17(11-15(14)2)26(3)22(27)25-20-12-16-8-10-23-13-19(16)21-18(20)5-4-9-24-21/h4-13H,1-3H3,(H,25,27). The van der Waals surface area contributed by atoms with E-state index in [2.05, 4.69) is 22.2 Å². The average molecular weight is 356 g/mol. The van der Waals surface area contributed by atoms with Crippen LogP contribution < -0.4 is 10.2 Å². The van der Waals surface area contributed by atoms with Crippen molar-refractivity contribution in [2.45, 2.75) is 13.8 Å². The second kappa shape index (κ2) is 6.68. The second-order valence-corrected chi connectivity index (χ2v) is 6.68. The van der Waals surface area contributed by atoms with Gasteiger partial charge in [0.1, 0.15) is 0 Å². The van der Waals surface area contributed by atoms with Gasteiger partial charge in [-0.15, -0.1) is 0 Å². The topological polar surface area (TPSA) is 58.1 Å². The Hall–Kier alpha value is -3.47. The van der Waals surface area contributed by atoms with E-state index >= 15 is 0 Å². The number of pyridine rings is 2. The maximum absolute atomic E-state index is 12.9. The van der Waals surface area contributed by atoms with Crippen molar-refractivity contribution >= 4 is 39.1 Å². The van der Waals surface area contributed by atoms with Crippen LogP contribution in [0.25, 0.3) is 21.7 Å². The van der Waals surface area contributed by atoms with Crippen molar-refractivity contribution in [1.29, 1.82) is 0 Å². The number of amides is 2. The molecule has 134 valence electrons. The highest BCUT2D eigenvalue weighted by Gasteiger charge is 2.15. The summed E-state index contributed by atoms with van der Waals surface area (Å²) in [6.45, 7) is 4.10. The van der Waals surface area contributed by atoms with E-state index in [1.165, 1.54) is 5.56 Å². The molecule has 0 aliphatic rings. The molecule has 0 aliphatic heterocycles. The van der Waals surface area contributed by atoms with Crippen molar-refractivity contribution in [1.82, 2.24) is 9.97 Å². The van der Waals surface area contributed by atoms with Gasteiger partial charge in [0.05, 0.1) is 11.2 Å². The molecular weight excluding hydrogens is 336 g/mol. The van der Waals surface area contributed by atoms with Crippen LogP contribution in [0.2, 0.25) is 0 Å². The number of benzene rings is 2. The lowest BCUT2D eigenvalue weighted by atomic mass is 10.1. The lowest BCUT2D eigenvalue weighted by molar-refractivity contribution is 0.258. The van der Waals surface area contributed by atoms with Crippen LogP contribution in [-0.4, -0.2) is 23.0 Å². The third kappa shape index (κ3) is 3.08. The number of aromatic nitrogens is 2. The highest BCUT2D eigenvalue weighted by atomic mass is 16.2. The molecule has 2 aromatic heterocycles. The van der Waals surface area contributed by atoms with Gasteiger partial charge >= 0.3 is 6.03 Å². The molecule has 0 bridgehead atoms. The number of aryl methyl sites for hydroxylation is 2. The second-order valence-electron chi connectivity index (χ2n) is 6.68. The van der Waals surface area contributed by atoms with Gasteiger partial charge in [0.15, 0.2) is 0 Å². The Labute approximate surface area is 157 Å². The summed E-state index contributed by atoms with van der Waals surface area (Å²) in [4.78, 5) is 23.2. The lowest BCUT2D eigenvalue weighted by Gasteiger charge is -2.20. The molecule has 1 N–H and O–H groups in total. The quantitative estimate of drug-likeness (QED) is 0.510. The summed E-state index contributed by atoms with van der Waals surface area (Å²) in [7, 11) is 1.77. The Morgan fingerprint density at radius 1 is 1.00 bits per heavy atom. The minimum atomic E-state index is -0.197. The zero-order chi connectivity index (χ0) is 19.0. The van der Waals surface area contributed by atoms with E-state index < -0.39 is 0 Å². The van der Waals surface area contributed by atoms with Crippen LogP contribution in [0.3, 0.4) is 0 Å². The number of hydrogen-bond donors (Lipinski definition) is 1. The van der Waals surface area contributed by atoms with Crippen LogP contribution in [0.5, 0.6) is 0 Å². The largest absolute Gasteiger partial charge is 0.326 e. The van der Waals surface area contributed by atoms with Crippen molar-refractivity contribution in [2.75, 3.05) is 17.3 Å². The average Bonchev–Trinajstić information content (AvgIpc) is 2.69. The van der Waals surface area contributed by atoms with Gasteiger partial charge in [-0.25, -0.2) is 4.79 Å². The molecule has 0 saturated heterocycles. The number of nitrogens with zero attached hydrogens (tertiary/aromatic N) is 3. The number of nitrogens with one attached hydrogen (secondary N) is 1. The van der Waals surface area contributed by atoms with Gasteiger partial charge in [-0.1, -0.05) is 6.07 Å². The minimum absolute atomic E-state index is 0.197. The van der Waals surface area contributed by atoms with E-state index in [1.807, 2.05) is 49.4 Å². The number of carbonyl (C=O) groups is 1. The van der Waals surface area contributed by atoms with Crippen molar-refractivity contribution in [3.63, 3.8) is 0 Å². The Morgan fingerprint density at radius 3 is 2.67 bits per heavy atom. The maximum atomic E-state index is 12.9. The number of anilines is 2. The van der Waals surface area contributed by atoms with Crippen LogP contribution >= 0.6 is 0 Å². The molecule has 2 amide bonds. The Balaban J connectivity index is 1.73. The summed E-state index contributed by atoms with van der Waals surface area (Å²) in [5.74, 6) is 0. The maximum Gasteiger partial charge on any atom is 0.326 e. The fraction of sp³-hybridized carbons (Fsp3) is 0.136. The van der Waals surface area contributed by atoms with E-state index in [0.29, 0.717) is 0 Å². The Bertz CT molecular complexity index is 1170. The van der Waals surface area contributed by atoms with Gasteiger partial charge in [-0.3, -0.25) is 14.9 Å². The molecule has 0 spiro atoms. The smallest absolute Gasteiger partial charge is 0.307 e. The fourth-order valence-corrected chi connectivity index (χ4v) is 3.15. The zero-order valence-electron chi connectivity index (χ0n) is 15.5. The third-order valence-corrected chi connectivity index (χ3v) is 4.93. The first-order chi connectivity index (χ1) is 13.0. The number of urea groups is 1. The normalized spacial score (nSPS) is 10.9. The summed E-state index contributed by atoms with van der Waals surface area (Å²) >= 11 is 0. The first-order valence-corrected chi connectivity index (χ1v) is 8.78. The molecule has 4 aromatic rings. The van der Waals surface area contributed by atoms with Crippen molar-refractivity contribution in [3.8, 4) is 0 Å². The van der Waals surface area contributed by atoms with Crippen LogP contribution in [0, 0.1) is 13.8 Å². The van der Waals surface area contributed by atoms with Crippen molar-refractivity contribution < 1.29 is 4.79 Å². The molecular formula is C22H20N4O. The summed E-state index contributed by atoms with van der Waals surface area (Å²) < 4.78 is 0. The monoisotopic (exact) mass is 356 g/mol. The molecule has 0 aliphatic carbocycles. The Morgan fingerprint density at radius 2 is 1.85 bits per heavy atom. The lowest BCUT2D eigenvalue weighted by Crippen LogP contribution is -2.31. The van der Waals surface area contributed by atoms with E-state index in [1.54, 1.807) is 30.5 Å². The first kappa shape index (κ1) is 17.0. The summed E-state index contributed by atoms with van der Waals surface area (Å²) in [5.41, 5.74) is 4.76. The number of rotatable bonds is 2. The van der Waals surface area contributed by atoms with Crippen LogP contribution in [0.15, 0.2) is 61.1 Å². The molecule has 0 saturated carbocycles. The predicted molar refractivity (Wildman–Crippen MR) is 110 cm³/mol. The van der Waals surface area contributed by atoms with Gasteiger partial charge in [0.25, 0.3) is 0 Å². The number of fused-ring (bicyclic) bond motifs is 3. The van der Waals surface area contributed by atoms with E-state index in [0.717, 1.165) is 38.6 Å². The van der Waals surface area contributed by atoms with Crippen LogP contribution in [0.1, 0.15) is 11.1 Å². The molecule has 5 heteroatoms. The molecule has 0 fully saturated rings. The third-order valence-electron chi connectivity index (χ3n) is 4.93. The molecule has 2 aromatic carbocycles. The van der Waals surface area contributed by atoms with Crippen LogP contribution in [-0.2, 0) is 0 Å². The van der Waals surface area contributed by atoms with Gasteiger partial charge in [0, 0.05) is 42.1 Å². The van der Waals surface area contributed by atoms with E-state index in [-0.39, 0.29) is 6.03 Å². The highest BCUT2D eigenvalue weighted by molar-refractivity contribution is 6.14. The number of carbonyl (C=O) groups excluding carboxylic acids is 1. The predicted octanol–water partition coefficient (Wildman–Crippen LogP) is 5.07. The molecule has 0 unspecified atom stereocenters. The first-order valence-electron chi connectivity index (χ1n) is 8.78. The van der Waals surface area contributed by atoms with Crippen molar-refractivity contribution in [2.24, 2.45) is 0 Å². The summed E-state index contributed by atoms with van der Waals surface area (Å²) in [6.07, 6.45) is 5.29.